The first-order chi connectivity index (χ1) is 12.2. The van der Waals surface area contributed by atoms with Gasteiger partial charge >= 0.3 is 0 Å². The number of hydrogen-bond acceptors (Lipinski definition) is 1. The Kier molecular flexibility index (Phi) is 5.81. The summed E-state index contributed by atoms with van der Waals surface area (Å²) in [5, 5.41) is 0. The van der Waals surface area contributed by atoms with Gasteiger partial charge in [-0.25, -0.2) is 0 Å². The molecule has 2 nitrogen and oxygen atoms in total. The van der Waals surface area contributed by atoms with Crippen LogP contribution in [0, 0.1) is 0 Å². The van der Waals surface area contributed by atoms with Crippen molar-refractivity contribution in [3.05, 3.63) is 107 Å². The molecule has 0 spiro atoms. The molecule has 0 unspecified atom stereocenters. The van der Waals surface area contributed by atoms with Crippen LogP contribution in [0.15, 0.2) is 95.5 Å². The van der Waals surface area contributed by atoms with Gasteiger partial charge in [0, 0.05) is 16.2 Å². The largest absolute Gasteiger partial charge is 0.304 e. The summed E-state index contributed by atoms with van der Waals surface area (Å²) in [5.74, 6) is -0.0463. The van der Waals surface area contributed by atoms with Gasteiger partial charge in [0.05, 0.1) is 6.54 Å². The van der Waals surface area contributed by atoms with Crippen molar-refractivity contribution in [2.45, 2.75) is 6.54 Å². The summed E-state index contributed by atoms with van der Waals surface area (Å²) in [5.41, 5.74) is 2.97. The van der Waals surface area contributed by atoms with Crippen LogP contribution in [0.3, 0.4) is 0 Å². The van der Waals surface area contributed by atoms with E-state index in [1.807, 2.05) is 91.0 Å². The third-order valence-electron chi connectivity index (χ3n) is 3.81. The van der Waals surface area contributed by atoms with Gasteiger partial charge in [0.2, 0.25) is 0 Å². The topological polar surface area (TPSA) is 20.3 Å². The van der Waals surface area contributed by atoms with Crippen LogP contribution < -0.4 is 4.90 Å². The van der Waals surface area contributed by atoms with Gasteiger partial charge in [0.1, 0.15) is 0 Å². The second-order valence-corrected chi connectivity index (χ2v) is 6.55. The number of anilines is 1. The minimum absolute atomic E-state index is 0.0463. The van der Waals surface area contributed by atoms with Crippen molar-refractivity contribution in [2.75, 3.05) is 4.90 Å². The van der Waals surface area contributed by atoms with Crippen LogP contribution in [0.5, 0.6) is 0 Å². The van der Waals surface area contributed by atoms with Crippen molar-refractivity contribution in [1.82, 2.24) is 0 Å². The smallest absolute Gasteiger partial charge is 0.251 e. The normalized spacial score (nSPS) is 10.8. The van der Waals surface area contributed by atoms with Crippen LogP contribution >= 0.6 is 15.9 Å². The van der Waals surface area contributed by atoms with E-state index in [9.17, 15) is 4.79 Å². The second kappa shape index (κ2) is 8.45. The lowest BCUT2D eigenvalue weighted by Crippen LogP contribution is -2.28. The SMILES string of the molecule is O=C(/C=C/c1ccccc1)N(Cc1ccccc1)c1ccc(Br)cc1. The van der Waals surface area contributed by atoms with Crippen molar-refractivity contribution >= 4 is 33.6 Å². The maximum Gasteiger partial charge on any atom is 0.251 e. The van der Waals surface area contributed by atoms with Crippen LogP contribution in [-0.2, 0) is 11.3 Å². The van der Waals surface area contributed by atoms with E-state index in [0.717, 1.165) is 21.3 Å². The van der Waals surface area contributed by atoms with E-state index >= 15 is 0 Å². The first-order valence-electron chi connectivity index (χ1n) is 8.06. The van der Waals surface area contributed by atoms with Crippen LogP contribution in [0.1, 0.15) is 11.1 Å². The highest BCUT2D eigenvalue weighted by molar-refractivity contribution is 9.10. The molecule has 0 aliphatic carbocycles. The molecule has 3 aromatic rings. The van der Waals surface area contributed by atoms with E-state index < -0.39 is 0 Å². The molecule has 0 aliphatic rings. The second-order valence-electron chi connectivity index (χ2n) is 5.63. The monoisotopic (exact) mass is 391 g/mol. The first-order valence-corrected chi connectivity index (χ1v) is 8.86. The summed E-state index contributed by atoms with van der Waals surface area (Å²) in [7, 11) is 0. The summed E-state index contributed by atoms with van der Waals surface area (Å²) < 4.78 is 0.989. The van der Waals surface area contributed by atoms with E-state index in [0.29, 0.717) is 6.54 Å². The maximum atomic E-state index is 12.8. The standard InChI is InChI=1S/C22H18BrNO/c23-20-12-14-21(15-13-20)24(17-19-9-5-2-6-10-19)22(25)16-11-18-7-3-1-4-8-18/h1-16H,17H2/b16-11+. The van der Waals surface area contributed by atoms with E-state index in [4.69, 9.17) is 0 Å². The van der Waals surface area contributed by atoms with E-state index in [-0.39, 0.29) is 5.91 Å². The lowest BCUT2D eigenvalue weighted by atomic mass is 10.1. The van der Waals surface area contributed by atoms with Gasteiger partial charge in [-0.1, -0.05) is 76.6 Å². The summed E-state index contributed by atoms with van der Waals surface area (Å²) >= 11 is 3.44. The average molecular weight is 392 g/mol. The first kappa shape index (κ1) is 17.2. The molecule has 3 heteroatoms. The Bertz CT molecular complexity index is 842. The number of benzene rings is 3. The molecule has 0 saturated heterocycles. The summed E-state index contributed by atoms with van der Waals surface area (Å²) in [4.78, 5) is 14.6. The van der Waals surface area contributed by atoms with Crippen molar-refractivity contribution < 1.29 is 4.79 Å². The molecule has 3 rings (SSSR count). The molecule has 0 bridgehead atoms. The molecule has 1 amide bonds. The van der Waals surface area contributed by atoms with Gasteiger partial charge in [0.15, 0.2) is 0 Å². The fourth-order valence-corrected chi connectivity index (χ4v) is 2.77. The van der Waals surface area contributed by atoms with Crippen LogP contribution in [-0.4, -0.2) is 5.91 Å². The lowest BCUT2D eigenvalue weighted by molar-refractivity contribution is -0.114. The number of carbonyl (C=O) groups is 1. The lowest BCUT2D eigenvalue weighted by Gasteiger charge is -2.22. The fourth-order valence-electron chi connectivity index (χ4n) is 2.51. The van der Waals surface area contributed by atoms with Crippen molar-refractivity contribution in [1.29, 1.82) is 0 Å². The Hall–Kier alpha value is -2.65. The molecule has 0 aromatic heterocycles. The number of hydrogen-bond donors (Lipinski definition) is 0. The molecule has 0 fully saturated rings. The predicted molar refractivity (Wildman–Crippen MR) is 107 cm³/mol. The Morgan fingerprint density at radius 1 is 0.840 bits per heavy atom. The Labute approximate surface area is 156 Å². The molecular formula is C22H18BrNO. The van der Waals surface area contributed by atoms with Gasteiger partial charge in [-0.15, -0.1) is 0 Å². The maximum absolute atomic E-state index is 12.8. The number of rotatable bonds is 5. The van der Waals surface area contributed by atoms with E-state index in [2.05, 4.69) is 15.9 Å². The number of amides is 1. The Morgan fingerprint density at radius 3 is 2.08 bits per heavy atom. The number of carbonyl (C=O) groups excluding carboxylic acids is 1. The van der Waals surface area contributed by atoms with E-state index in [1.165, 1.54) is 0 Å². The third kappa shape index (κ3) is 4.91. The quantitative estimate of drug-likeness (QED) is 0.511. The van der Waals surface area contributed by atoms with Crippen LogP contribution in [0.25, 0.3) is 6.08 Å². The van der Waals surface area contributed by atoms with Crippen LogP contribution in [0.2, 0.25) is 0 Å². The highest BCUT2D eigenvalue weighted by atomic mass is 79.9. The van der Waals surface area contributed by atoms with Crippen molar-refractivity contribution in [3.8, 4) is 0 Å². The molecule has 0 radical (unpaired) electrons. The molecule has 0 saturated carbocycles. The summed E-state index contributed by atoms with van der Waals surface area (Å²) in [6.45, 7) is 0.528. The van der Waals surface area contributed by atoms with E-state index in [1.54, 1.807) is 11.0 Å². The molecule has 0 atom stereocenters. The molecule has 124 valence electrons. The van der Waals surface area contributed by atoms with Gasteiger partial charge in [-0.3, -0.25) is 4.79 Å². The minimum Gasteiger partial charge on any atom is -0.304 e. The Balaban J connectivity index is 1.86. The van der Waals surface area contributed by atoms with Gasteiger partial charge in [-0.05, 0) is 41.5 Å². The molecule has 3 aromatic carbocycles. The zero-order valence-electron chi connectivity index (χ0n) is 13.7. The third-order valence-corrected chi connectivity index (χ3v) is 4.33. The average Bonchev–Trinajstić information content (AvgIpc) is 2.67. The molecule has 0 heterocycles. The zero-order chi connectivity index (χ0) is 17.5. The molecule has 0 N–H and O–H groups in total. The molecule has 25 heavy (non-hydrogen) atoms. The highest BCUT2D eigenvalue weighted by Gasteiger charge is 2.13. The highest BCUT2D eigenvalue weighted by Crippen LogP contribution is 2.21. The van der Waals surface area contributed by atoms with Gasteiger partial charge in [-0.2, -0.15) is 0 Å². The Morgan fingerprint density at radius 2 is 1.44 bits per heavy atom. The number of nitrogens with zero attached hydrogens (tertiary/aromatic N) is 1. The summed E-state index contributed by atoms with van der Waals surface area (Å²) in [6, 6.07) is 27.6. The van der Waals surface area contributed by atoms with Crippen LogP contribution in [0.4, 0.5) is 5.69 Å². The zero-order valence-corrected chi connectivity index (χ0v) is 15.3. The summed E-state index contributed by atoms with van der Waals surface area (Å²) in [6.07, 6.45) is 3.47. The predicted octanol–water partition coefficient (Wildman–Crippen LogP) is 5.70. The number of halogens is 1. The minimum atomic E-state index is -0.0463. The molecule has 0 aliphatic heterocycles. The fraction of sp³-hybridized carbons (Fsp3) is 0.0455. The van der Waals surface area contributed by atoms with Crippen molar-refractivity contribution in [3.63, 3.8) is 0 Å². The molecular weight excluding hydrogens is 374 g/mol. The van der Waals surface area contributed by atoms with Crippen molar-refractivity contribution in [2.24, 2.45) is 0 Å². The van der Waals surface area contributed by atoms with Gasteiger partial charge < -0.3 is 4.90 Å². The van der Waals surface area contributed by atoms with Gasteiger partial charge in [0.25, 0.3) is 5.91 Å².